The zero-order valence-electron chi connectivity index (χ0n) is 17.7. The summed E-state index contributed by atoms with van der Waals surface area (Å²) >= 11 is 0. The first-order chi connectivity index (χ1) is 12.7. The standard InChI is InChI=1S/C18H35N5O4.HI/c1-18(2,3)27-17(25)20-10-9-19-16(22-13-15(24)23(4)5)21-12-14-8-6-7-11-26-14;/h14H,6-13H2,1-5H3,(H,20,25)(H2,19,21,22);1H. The molecule has 0 aromatic rings. The molecule has 1 heterocycles. The molecule has 0 saturated carbocycles. The van der Waals surface area contributed by atoms with Crippen LogP contribution in [-0.4, -0.2) is 81.4 Å². The van der Waals surface area contributed by atoms with Gasteiger partial charge >= 0.3 is 6.09 Å². The second-order valence-corrected chi connectivity index (χ2v) is 7.68. The maximum atomic E-state index is 11.8. The molecule has 10 heteroatoms. The molecule has 0 spiro atoms. The van der Waals surface area contributed by atoms with Crippen molar-refractivity contribution in [1.29, 1.82) is 0 Å². The van der Waals surface area contributed by atoms with Crippen LogP contribution in [-0.2, 0) is 14.3 Å². The summed E-state index contributed by atoms with van der Waals surface area (Å²) in [5.41, 5.74) is -0.530. The maximum Gasteiger partial charge on any atom is 0.407 e. The number of nitrogens with zero attached hydrogens (tertiary/aromatic N) is 2. The van der Waals surface area contributed by atoms with E-state index in [0.717, 1.165) is 25.9 Å². The fourth-order valence-electron chi connectivity index (χ4n) is 2.30. The van der Waals surface area contributed by atoms with Crippen LogP contribution in [0.2, 0.25) is 0 Å². The molecule has 0 bridgehead atoms. The minimum atomic E-state index is -0.530. The number of nitrogens with one attached hydrogen (secondary N) is 3. The maximum absolute atomic E-state index is 11.8. The van der Waals surface area contributed by atoms with Crippen LogP contribution >= 0.6 is 24.0 Å². The van der Waals surface area contributed by atoms with Crippen molar-refractivity contribution in [1.82, 2.24) is 20.9 Å². The van der Waals surface area contributed by atoms with Gasteiger partial charge in [0.1, 0.15) is 12.1 Å². The van der Waals surface area contributed by atoms with Crippen molar-refractivity contribution in [2.75, 3.05) is 46.9 Å². The summed E-state index contributed by atoms with van der Waals surface area (Å²) in [7, 11) is 3.39. The average molecular weight is 513 g/mol. The number of carbonyl (C=O) groups excluding carboxylic acids is 2. The van der Waals surface area contributed by atoms with Crippen LogP contribution in [0, 0.1) is 0 Å². The SMILES string of the molecule is CN(C)C(=O)CN=C(NCCNC(=O)OC(C)(C)C)NCC1CCCCO1.I. The van der Waals surface area contributed by atoms with Gasteiger partial charge in [-0.15, -0.1) is 24.0 Å². The molecule has 164 valence electrons. The van der Waals surface area contributed by atoms with E-state index in [-0.39, 0.29) is 42.5 Å². The van der Waals surface area contributed by atoms with Crippen LogP contribution in [0.3, 0.4) is 0 Å². The van der Waals surface area contributed by atoms with E-state index >= 15 is 0 Å². The number of ether oxygens (including phenoxy) is 2. The van der Waals surface area contributed by atoms with Crippen LogP contribution in [0.25, 0.3) is 0 Å². The zero-order chi connectivity index (χ0) is 20.3. The predicted molar refractivity (Wildman–Crippen MR) is 120 cm³/mol. The van der Waals surface area contributed by atoms with Crippen LogP contribution in [0.1, 0.15) is 40.0 Å². The monoisotopic (exact) mass is 513 g/mol. The van der Waals surface area contributed by atoms with Crippen molar-refractivity contribution in [3.8, 4) is 0 Å². The van der Waals surface area contributed by atoms with Gasteiger partial charge < -0.3 is 30.3 Å². The molecule has 1 unspecified atom stereocenters. The fraction of sp³-hybridized carbons (Fsp3) is 0.833. The average Bonchev–Trinajstić information content (AvgIpc) is 2.59. The quantitative estimate of drug-likeness (QED) is 0.205. The molecule has 0 aliphatic carbocycles. The highest BCUT2D eigenvalue weighted by atomic mass is 127. The molecule has 28 heavy (non-hydrogen) atoms. The first kappa shape index (κ1) is 26.7. The molecule has 2 amide bonds. The molecule has 1 aliphatic rings. The van der Waals surface area contributed by atoms with E-state index in [1.165, 1.54) is 4.90 Å². The molecule has 1 atom stereocenters. The minimum absolute atomic E-state index is 0. The largest absolute Gasteiger partial charge is 0.444 e. The molecule has 1 rings (SSSR count). The topological polar surface area (TPSA) is 104 Å². The van der Waals surface area contributed by atoms with Crippen molar-refractivity contribution in [3.05, 3.63) is 0 Å². The van der Waals surface area contributed by atoms with Gasteiger partial charge in [0.25, 0.3) is 0 Å². The Hall–Kier alpha value is -1.30. The first-order valence-corrected chi connectivity index (χ1v) is 9.48. The van der Waals surface area contributed by atoms with Gasteiger partial charge in [-0.1, -0.05) is 0 Å². The lowest BCUT2D eigenvalue weighted by Crippen LogP contribution is -2.45. The molecular weight excluding hydrogens is 477 g/mol. The van der Waals surface area contributed by atoms with E-state index in [1.807, 2.05) is 20.8 Å². The number of aliphatic imine (C=N–C) groups is 1. The number of likely N-dealkylation sites (N-methyl/N-ethyl adjacent to an activating group) is 1. The molecule has 0 aromatic heterocycles. The summed E-state index contributed by atoms with van der Waals surface area (Å²) in [5.74, 6) is 0.433. The Morgan fingerprint density at radius 3 is 2.39 bits per heavy atom. The lowest BCUT2D eigenvalue weighted by atomic mass is 10.1. The number of amides is 2. The number of hydrogen-bond donors (Lipinski definition) is 3. The molecule has 1 saturated heterocycles. The molecule has 3 N–H and O–H groups in total. The van der Waals surface area contributed by atoms with Gasteiger partial charge in [-0.2, -0.15) is 0 Å². The zero-order valence-corrected chi connectivity index (χ0v) is 20.0. The Balaban J connectivity index is 0.00000729. The number of rotatable bonds is 7. The highest BCUT2D eigenvalue weighted by Gasteiger charge is 2.16. The lowest BCUT2D eigenvalue weighted by molar-refractivity contribution is -0.127. The van der Waals surface area contributed by atoms with E-state index in [4.69, 9.17) is 9.47 Å². The lowest BCUT2D eigenvalue weighted by Gasteiger charge is -2.24. The second kappa shape index (κ2) is 13.8. The van der Waals surface area contributed by atoms with Crippen LogP contribution in [0.15, 0.2) is 4.99 Å². The minimum Gasteiger partial charge on any atom is -0.444 e. The van der Waals surface area contributed by atoms with Crippen molar-refractivity contribution in [2.45, 2.75) is 51.7 Å². The third kappa shape index (κ3) is 13.0. The molecule has 0 aromatic carbocycles. The highest BCUT2D eigenvalue weighted by Crippen LogP contribution is 2.11. The Morgan fingerprint density at radius 1 is 1.14 bits per heavy atom. The van der Waals surface area contributed by atoms with Crippen LogP contribution in [0.5, 0.6) is 0 Å². The van der Waals surface area contributed by atoms with Crippen LogP contribution < -0.4 is 16.0 Å². The smallest absolute Gasteiger partial charge is 0.407 e. The summed E-state index contributed by atoms with van der Waals surface area (Å²) in [6.45, 7) is 7.72. The highest BCUT2D eigenvalue weighted by molar-refractivity contribution is 14.0. The molecule has 0 radical (unpaired) electrons. The summed E-state index contributed by atoms with van der Waals surface area (Å²) < 4.78 is 10.9. The predicted octanol–water partition coefficient (Wildman–Crippen LogP) is 1.32. The van der Waals surface area contributed by atoms with Gasteiger partial charge in [-0.05, 0) is 40.0 Å². The van der Waals surface area contributed by atoms with Gasteiger partial charge in [0.2, 0.25) is 5.91 Å². The summed E-state index contributed by atoms with van der Waals surface area (Å²) in [6.07, 6.45) is 2.95. The number of guanidine groups is 1. The van der Waals surface area contributed by atoms with E-state index in [2.05, 4.69) is 20.9 Å². The third-order valence-electron chi connectivity index (χ3n) is 3.73. The Morgan fingerprint density at radius 2 is 1.82 bits per heavy atom. The summed E-state index contributed by atoms with van der Waals surface area (Å²) in [6, 6.07) is 0. The van der Waals surface area contributed by atoms with Gasteiger partial charge in [0, 0.05) is 40.3 Å². The fourth-order valence-corrected chi connectivity index (χ4v) is 2.30. The van der Waals surface area contributed by atoms with Crippen molar-refractivity contribution in [2.24, 2.45) is 4.99 Å². The van der Waals surface area contributed by atoms with Gasteiger partial charge in [-0.25, -0.2) is 9.79 Å². The molecule has 1 fully saturated rings. The van der Waals surface area contributed by atoms with Crippen LogP contribution in [0.4, 0.5) is 4.79 Å². The third-order valence-corrected chi connectivity index (χ3v) is 3.73. The van der Waals surface area contributed by atoms with E-state index < -0.39 is 11.7 Å². The first-order valence-electron chi connectivity index (χ1n) is 9.48. The van der Waals surface area contributed by atoms with Gasteiger partial charge in [-0.3, -0.25) is 4.79 Å². The van der Waals surface area contributed by atoms with E-state index in [9.17, 15) is 9.59 Å². The normalized spacial score (nSPS) is 17.2. The number of carbonyl (C=O) groups is 2. The van der Waals surface area contributed by atoms with Crippen molar-refractivity contribution >= 4 is 41.9 Å². The summed E-state index contributed by atoms with van der Waals surface area (Å²) in [5, 5.41) is 9.00. The Labute approximate surface area is 185 Å². The summed E-state index contributed by atoms with van der Waals surface area (Å²) in [4.78, 5) is 29.2. The number of halogens is 1. The van der Waals surface area contributed by atoms with Gasteiger partial charge in [0.15, 0.2) is 5.96 Å². The van der Waals surface area contributed by atoms with E-state index in [0.29, 0.717) is 25.6 Å². The Kier molecular flexibility index (Phi) is 13.2. The number of hydrogen-bond acceptors (Lipinski definition) is 5. The molecular formula is C18H36IN5O4. The van der Waals surface area contributed by atoms with Crippen molar-refractivity contribution in [3.63, 3.8) is 0 Å². The van der Waals surface area contributed by atoms with Gasteiger partial charge in [0.05, 0.1) is 6.10 Å². The molecule has 9 nitrogen and oxygen atoms in total. The van der Waals surface area contributed by atoms with Crippen molar-refractivity contribution < 1.29 is 19.1 Å². The molecule has 1 aliphatic heterocycles. The Bertz CT molecular complexity index is 503. The number of alkyl carbamates (subject to hydrolysis) is 1. The second-order valence-electron chi connectivity index (χ2n) is 7.68. The van der Waals surface area contributed by atoms with E-state index in [1.54, 1.807) is 14.1 Å².